The van der Waals surface area contributed by atoms with E-state index in [0.717, 1.165) is 12.3 Å². The average molecular weight is 294 g/mol. The highest BCUT2D eigenvalue weighted by atomic mass is 32.1. The number of nitrogen functional groups attached to an aromatic ring is 1. The van der Waals surface area contributed by atoms with Crippen molar-refractivity contribution in [1.29, 1.82) is 0 Å². The summed E-state index contributed by atoms with van der Waals surface area (Å²) < 4.78 is 5.49. The Hall–Kier alpha value is -2.02. The predicted molar refractivity (Wildman–Crippen MR) is 80.0 cm³/mol. The molecule has 0 saturated carbocycles. The van der Waals surface area contributed by atoms with Crippen molar-refractivity contribution >= 4 is 28.2 Å². The summed E-state index contributed by atoms with van der Waals surface area (Å²) in [6.07, 6.45) is 0. The van der Waals surface area contributed by atoms with Crippen LogP contribution in [0.5, 0.6) is 0 Å². The standard InChI is InChI=1S/C13H18N4O2S/c1-4-15-13-17-11(14)10(20-13)12(18)16-8(3)9-6-5-7(2)19-9/h5-6,8H,4,14H2,1-3H3,(H,15,17)(H,16,18). The van der Waals surface area contributed by atoms with E-state index in [1.54, 1.807) is 0 Å². The first-order valence-corrected chi connectivity index (χ1v) is 7.20. The van der Waals surface area contributed by atoms with Gasteiger partial charge in [0.15, 0.2) is 5.13 Å². The van der Waals surface area contributed by atoms with Gasteiger partial charge in [-0.25, -0.2) is 4.98 Å². The second-order valence-corrected chi connectivity index (χ2v) is 5.41. The smallest absolute Gasteiger partial charge is 0.265 e. The highest BCUT2D eigenvalue weighted by Crippen LogP contribution is 2.25. The summed E-state index contributed by atoms with van der Waals surface area (Å²) in [7, 11) is 0. The zero-order chi connectivity index (χ0) is 14.7. The lowest BCUT2D eigenvalue weighted by Crippen LogP contribution is -2.26. The molecule has 7 heteroatoms. The van der Waals surface area contributed by atoms with Gasteiger partial charge in [0, 0.05) is 6.54 Å². The third kappa shape index (κ3) is 3.11. The van der Waals surface area contributed by atoms with Gasteiger partial charge in [0.05, 0.1) is 6.04 Å². The topological polar surface area (TPSA) is 93.2 Å². The number of anilines is 2. The molecular formula is C13H18N4O2S. The minimum Gasteiger partial charge on any atom is -0.464 e. The summed E-state index contributed by atoms with van der Waals surface area (Å²) in [6.45, 7) is 6.41. The highest BCUT2D eigenvalue weighted by Gasteiger charge is 2.19. The molecule has 6 nitrogen and oxygen atoms in total. The minimum absolute atomic E-state index is 0.222. The average Bonchev–Trinajstić information content (AvgIpc) is 2.96. The van der Waals surface area contributed by atoms with Crippen molar-refractivity contribution in [3.05, 3.63) is 28.5 Å². The van der Waals surface area contributed by atoms with Gasteiger partial charge in [-0.1, -0.05) is 11.3 Å². The Morgan fingerprint density at radius 1 is 1.55 bits per heavy atom. The van der Waals surface area contributed by atoms with Crippen LogP contribution in [0.25, 0.3) is 0 Å². The van der Waals surface area contributed by atoms with Crippen LogP contribution >= 0.6 is 11.3 Å². The monoisotopic (exact) mass is 294 g/mol. The first-order chi connectivity index (χ1) is 9.51. The maximum atomic E-state index is 12.2. The summed E-state index contributed by atoms with van der Waals surface area (Å²) in [5, 5.41) is 6.54. The molecule has 2 heterocycles. The van der Waals surface area contributed by atoms with Crippen LogP contribution < -0.4 is 16.4 Å². The number of aromatic nitrogens is 1. The molecule has 1 atom stereocenters. The molecule has 0 aromatic carbocycles. The second-order valence-electron chi connectivity index (χ2n) is 4.41. The Labute approximate surface area is 121 Å². The number of carbonyl (C=O) groups excluding carboxylic acids is 1. The fourth-order valence-electron chi connectivity index (χ4n) is 1.74. The van der Waals surface area contributed by atoms with Crippen molar-refractivity contribution in [3.63, 3.8) is 0 Å². The summed E-state index contributed by atoms with van der Waals surface area (Å²) in [4.78, 5) is 16.7. The van der Waals surface area contributed by atoms with Gasteiger partial charge in [-0.05, 0) is 32.9 Å². The molecule has 1 amide bonds. The SMILES string of the molecule is CCNc1nc(N)c(C(=O)NC(C)c2ccc(C)o2)s1. The van der Waals surface area contributed by atoms with Crippen LogP contribution in [0.1, 0.15) is 41.1 Å². The number of furan rings is 1. The molecule has 0 saturated heterocycles. The molecule has 0 radical (unpaired) electrons. The molecule has 4 N–H and O–H groups in total. The molecule has 1 unspecified atom stereocenters. The maximum Gasteiger partial charge on any atom is 0.265 e. The van der Waals surface area contributed by atoms with E-state index in [4.69, 9.17) is 10.2 Å². The normalized spacial score (nSPS) is 12.2. The lowest BCUT2D eigenvalue weighted by atomic mass is 10.2. The van der Waals surface area contributed by atoms with Gasteiger partial charge in [0.25, 0.3) is 5.91 Å². The molecule has 0 aliphatic heterocycles. The first kappa shape index (κ1) is 14.4. The van der Waals surface area contributed by atoms with E-state index >= 15 is 0 Å². The van der Waals surface area contributed by atoms with Crippen LogP contribution in [-0.4, -0.2) is 17.4 Å². The predicted octanol–water partition coefficient (Wildman–Crippen LogP) is 2.55. The van der Waals surface area contributed by atoms with Gasteiger partial charge >= 0.3 is 0 Å². The van der Waals surface area contributed by atoms with Crippen molar-refractivity contribution in [1.82, 2.24) is 10.3 Å². The molecular weight excluding hydrogens is 276 g/mol. The summed E-state index contributed by atoms with van der Waals surface area (Å²) in [6, 6.07) is 3.49. The van der Waals surface area contributed by atoms with Gasteiger partial charge in [-0.15, -0.1) is 0 Å². The molecule has 0 spiro atoms. The van der Waals surface area contributed by atoms with Gasteiger partial charge < -0.3 is 20.8 Å². The molecule has 0 aliphatic carbocycles. The molecule has 0 bridgehead atoms. The highest BCUT2D eigenvalue weighted by molar-refractivity contribution is 7.18. The summed E-state index contributed by atoms with van der Waals surface area (Å²) in [5.74, 6) is 1.52. The second kappa shape index (κ2) is 5.96. The fraction of sp³-hybridized carbons (Fsp3) is 0.385. The van der Waals surface area contributed by atoms with Gasteiger partial charge in [0.1, 0.15) is 22.2 Å². The zero-order valence-electron chi connectivity index (χ0n) is 11.7. The van der Waals surface area contributed by atoms with Crippen LogP contribution in [0, 0.1) is 6.92 Å². The number of nitrogens with two attached hydrogens (primary N) is 1. The van der Waals surface area contributed by atoms with E-state index in [9.17, 15) is 4.79 Å². The maximum absolute atomic E-state index is 12.2. The van der Waals surface area contributed by atoms with Crippen molar-refractivity contribution in [2.45, 2.75) is 26.8 Å². The lowest BCUT2D eigenvalue weighted by molar-refractivity contribution is 0.0940. The number of rotatable bonds is 5. The van der Waals surface area contributed by atoms with Crippen molar-refractivity contribution in [2.75, 3.05) is 17.6 Å². The molecule has 0 fully saturated rings. The number of hydrogen-bond acceptors (Lipinski definition) is 6. The number of nitrogens with zero attached hydrogens (tertiary/aromatic N) is 1. The van der Waals surface area contributed by atoms with Crippen molar-refractivity contribution in [3.8, 4) is 0 Å². The number of aryl methyl sites for hydroxylation is 1. The van der Waals surface area contributed by atoms with E-state index in [1.807, 2.05) is 32.9 Å². The molecule has 2 aromatic heterocycles. The Balaban J connectivity index is 2.08. The third-order valence-electron chi connectivity index (χ3n) is 2.72. The molecule has 0 aliphatic rings. The quantitative estimate of drug-likeness (QED) is 0.788. The largest absolute Gasteiger partial charge is 0.464 e. The Kier molecular flexibility index (Phi) is 4.29. The molecule has 108 valence electrons. The van der Waals surface area contributed by atoms with Gasteiger partial charge in [0.2, 0.25) is 0 Å². The summed E-state index contributed by atoms with van der Waals surface area (Å²) >= 11 is 1.24. The van der Waals surface area contributed by atoms with E-state index < -0.39 is 0 Å². The van der Waals surface area contributed by atoms with Crippen LogP contribution in [-0.2, 0) is 0 Å². The molecule has 2 aromatic rings. The number of hydrogen-bond donors (Lipinski definition) is 3. The Morgan fingerprint density at radius 3 is 2.90 bits per heavy atom. The number of amides is 1. The lowest BCUT2D eigenvalue weighted by Gasteiger charge is -2.10. The summed E-state index contributed by atoms with van der Waals surface area (Å²) in [5.41, 5.74) is 5.77. The van der Waals surface area contributed by atoms with Gasteiger partial charge in [-0.2, -0.15) is 0 Å². The first-order valence-electron chi connectivity index (χ1n) is 6.38. The molecule has 20 heavy (non-hydrogen) atoms. The van der Waals surface area contributed by atoms with Crippen LogP contribution in [0.4, 0.5) is 10.9 Å². The number of carbonyl (C=O) groups is 1. The zero-order valence-corrected chi connectivity index (χ0v) is 12.5. The fourth-order valence-corrected chi connectivity index (χ4v) is 2.60. The molecule has 2 rings (SSSR count). The van der Waals surface area contributed by atoms with E-state index in [-0.39, 0.29) is 17.8 Å². The van der Waals surface area contributed by atoms with Crippen LogP contribution in [0.3, 0.4) is 0 Å². The number of nitrogens with one attached hydrogen (secondary N) is 2. The van der Waals surface area contributed by atoms with Crippen LogP contribution in [0.15, 0.2) is 16.5 Å². The van der Waals surface area contributed by atoms with Crippen LogP contribution in [0.2, 0.25) is 0 Å². The number of thiazole rings is 1. The Bertz CT molecular complexity index is 605. The third-order valence-corrected chi connectivity index (χ3v) is 3.75. The van der Waals surface area contributed by atoms with Crippen molar-refractivity contribution in [2.24, 2.45) is 0 Å². The Morgan fingerprint density at radius 2 is 2.30 bits per heavy atom. The van der Waals surface area contributed by atoms with E-state index in [2.05, 4.69) is 15.6 Å². The van der Waals surface area contributed by atoms with E-state index in [0.29, 0.717) is 15.8 Å². The van der Waals surface area contributed by atoms with E-state index in [1.165, 1.54) is 11.3 Å². The van der Waals surface area contributed by atoms with Crippen molar-refractivity contribution < 1.29 is 9.21 Å². The minimum atomic E-state index is -0.245. The van der Waals surface area contributed by atoms with Gasteiger partial charge in [-0.3, -0.25) is 4.79 Å².